The third kappa shape index (κ3) is 3.39. The van der Waals surface area contributed by atoms with Gasteiger partial charge in [0.15, 0.2) is 17.4 Å². The highest BCUT2D eigenvalue weighted by Crippen LogP contribution is 2.36. The Hall–Kier alpha value is -3.46. The summed E-state index contributed by atoms with van der Waals surface area (Å²) in [6.45, 7) is 1.98. The zero-order chi connectivity index (χ0) is 19.7. The minimum Gasteiger partial charge on any atom is -0.355 e. The summed E-state index contributed by atoms with van der Waals surface area (Å²) in [5, 5.41) is 6.09. The fraction of sp³-hybridized carbons (Fsp3) is 0.0526. The van der Waals surface area contributed by atoms with Crippen LogP contribution in [0.3, 0.4) is 0 Å². The molecule has 0 atom stereocenters. The van der Waals surface area contributed by atoms with E-state index in [2.05, 4.69) is 20.4 Å². The van der Waals surface area contributed by atoms with Crippen molar-refractivity contribution in [2.45, 2.75) is 6.92 Å². The van der Waals surface area contributed by atoms with Gasteiger partial charge < -0.3 is 9.84 Å². The van der Waals surface area contributed by atoms with Crippen LogP contribution in [0.1, 0.15) is 15.2 Å². The third-order valence-corrected chi connectivity index (χ3v) is 5.06. The molecule has 4 aromatic heterocycles. The molecule has 0 radical (unpaired) electrons. The van der Waals surface area contributed by atoms with E-state index in [9.17, 15) is 13.6 Å². The maximum Gasteiger partial charge on any atom is 0.262 e. The number of rotatable bonds is 4. The molecule has 1 N–H and O–H groups in total. The lowest BCUT2D eigenvalue weighted by atomic mass is 10.1. The van der Waals surface area contributed by atoms with Crippen molar-refractivity contribution in [3.8, 4) is 21.8 Å². The number of aryl methyl sites for hydroxylation is 1. The van der Waals surface area contributed by atoms with E-state index in [0.29, 0.717) is 5.76 Å². The zero-order valence-corrected chi connectivity index (χ0v) is 15.3. The van der Waals surface area contributed by atoms with Crippen LogP contribution >= 0.6 is 11.3 Å². The van der Waals surface area contributed by atoms with Gasteiger partial charge >= 0.3 is 0 Å². The molecule has 0 aliphatic heterocycles. The molecule has 0 aromatic carbocycles. The average Bonchev–Trinajstić information content (AvgIpc) is 3.32. The molecule has 4 rings (SSSR count). The van der Waals surface area contributed by atoms with Crippen LogP contribution < -0.4 is 5.32 Å². The molecule has 4 heterocycles. The van der Waals surface area contributed by atoms with Gasteiger partial charge in [-0.05, 0) is 30.7 Å². The molecule has 0 aliphatic carbocycles. The van der Waals surface area contributed by atoms with Crippen LogP contribution in [-0.2, 0) is 0 Å². The van der Waals surface area contributed by atoms with Gasteiger partial charge in [-0.3, -0.25) is 9.78 Å². The minimum atomic E-state index is -1.04. The first-order valence-corrected chi connectivity index (χ1v) is 8.93. The van der Waals surface area contributed by atoms with Crippen molar-refractivity contribution in [1.82, 2.24) is 15.1 Å². The Kier molecular flexibility index (Phi) is 4.66. The number of thiophene rings is 1. The zero-order valence-electron chi connectivity index (χ0n) is 14.4. The van der Waals surface area contributed by atoms with Gasteiger partial charge in [0.25, 0.3) is 5.91 Å². The number of hydrogen-bond acceptors (Lipinski definition) is 6. The number of amides is 1. The standard InChI is InChI=1S/C19H12F2N4O2S/c1-10-12(6-16(28-10)15-4-5-24-27-15)11-2-3-17(23-7-11)25-19(26)18-13(20)8-22-9-14(18)21/h2-9H,1H3,(H,23,25,26). The molecule has 1 amide bonds. The largest absolute Gasteiger partial charge is 0.355 e. The molecule has 140 valence electrons. The van der Waals surface area contributed by atoms with E-state index in [1.807, 2.05) is 13.0 Å². The van der Waals surface area contributed by atoms with Crippen molar-refractivity contribution < 1.29 is 18.1 Å². The molecule has 28 heavy (non-hydrogen) atoms. The molecular weight excluding hydrogens is 386 g/mol. The van der Waals surface area contributed by atoms with Crippen LogP contribution in [0.5, 0.6) is 0 Å². The predicted octanol–water partition coefficient (Wildman–Crippen LogP) is 4.70. The molecule has 0 saturated carbocycles. The van der Waals surface area contributed by atoms with Crippen molar-refractivity contribution in [1.29, 1.82) is 0 Å². The molecule has 0 fully saturated rings. The van der Waals surface area contributed by atoms with Gasteiger partial charge in [0, 0.05) is 22.7 Å². The smallest absolute Gasteiger partial charge is 0.262 e. The molecule has 6 nitrogen and oxygen atoms in total. The summed E-state index contributed by atoms with van der Waals surface area (Å²) in [5.41, 5.74) is 1.10. The van der Waals surface area contributed by atoms with Gasteiger partial charge in [0.1, 0.15) is 11.4 Å². The Morgan fingerprint density at radius 3 is 2.57 bits per heavy atom. The summed E-state index contributed by atoms with van der Waals surface area (Å²) in [6.07, 6.45) is 4.71. The monoisotopic (exact) mass is 398 g/mol. The second kappa shape index (κ2) is 7.28. The number of carbonyl (C=O) groups excluding carboxylic acids is 1. The van der Waals surface area contributed by atoms with E-state index in [0.717, 1.165) is 33.3 Å². The number of anilines is 1. The van der Waals surface area contributed by atoms with Gasteiger partial charge in [0.05, 0.1) is 23.5 Å². The molecule has 0 saturated heterocycles. The van der Waals surface area contributed by atoms with Gasteiger partial charge in [0.2, 0.25) is 0 Å². The first-order chi connectivity index (χ1) is 13.5. The van der Waals surface area contributed by atoms with Crippen LogP contribution in [0, 0.1) is 18.6 Å². The van der Waals surface area contributed by atoms with E-state index < -0.39 is 23.1 Å². The second-order valence-corrected chi connectivity index (χ2v) is 7.08. The lowest BCUT2D eigenvalue weighted by Gasteiger charge is -2.07. The topological polar surface area (TPSA) is 80.9 Å². The molecule has 0 bridgehead atoms. The van der Waals surface area contributed by atoms with Crippen molar-refractivity contribution in [3.63, 3.8) is 0 Å². The van der Waals surface area contributed by atoms with E-state index in [1.54, 1.807) is 41.9 Å². The summed E-state index contributed by atoms with van der Waals surface area (Å²) in [5.74, 6) is -2.16. The van der Waals surface area contributed by atoms with Crippen LogP contribution in [0.25, 0.3) is 21.8 Å². The third-order valence-electron chi connectivity index (χ3n) is 4.00. The SMILES string of the molecule is Cc1sc(-c2ccno2)cc1-c1ccc(NC(=O)c2c(F)cncc2F)nc1. The lowest BCUT2D eigenvalue weighted by Crippen LogP contribution is -2.16. The minimum absolute atomic E-state index is 0.174. The normalized spacial score (nSPS) is 10.8. The first kappa shape index (κ1) is 17.9. The van der Waals surface area contributed by atoms with E-state index >= 15 is 0 Å². The number of pyridine rings is 2. The Labute approximate surface area is 161 Å². The molecule has 9 heteroatoms. The molecule has 0 spiro atoms. The summed E-state index contributed by atoms with van der Waals surface area (Å²) in [6, 6.07) is 7.08. The summed E-state index contributed by atoms with van der Waals surface area (Å²) in [7, 11) is 0. The Balaban J connectivity index is 1.56. The van der Waals surface area contributed by atoms with Crippen molar-refractivity contribution in [3.05, 3.63) is 71.1 Å². The number of nitrogens with one attached hydrogen (secondary N) is 1. The molecule has 0 unspecified atom stereocenters. The van der Waals surface area contributed by atoms with Crippen LogP contribution in [0.4, 0.5) is 14.6 Å². The molecular formula is C19H12F2N4O2S. The van der Waals surface area contributed by atoms with Crippen LogP contribution in [-0.4, -0.2) is 21.0 Å². The second-order valence-electron chi connectivity index (χ2n) is 5.82. The lowest BCUT2D eigenvalue weighted by molar-refractivity contribution is 0.101. The predicted molar refractivity (Wildman–Crippen MR) is 99.9 cm³/mol. The number of carbonyl (C=O) groups is 1. The van der Waals surface area contributed by atoms with Crippen molar-refractivity contribution in [2.24, 2.45) is 0 Å². The molecule has 0 aliphatic rings. The van der Waals surface area contributed by atoms with Crippen molar-refractivity contribution in [2.75, 3.05) is 5.32 Å². The van der Waals surface area contributed by atoms with Crippen LogP contribution in [0.15, 0.2) is 53.6 Å². The first-order valence-electron chi connectivity index (χ1n) is 8.11. The summed E-state index contributed by atoms with van der Waals surface area (Å²) >= 11 is 1.56. The molecule has 4 aromatic rings. The van der Waals surface area contributed by atoms with Crippen LogP contribution in [0.2, 0.25) is 0 Å². The Morgan fingerprint density at radius 1 is 1.14 bits per heavy atom. The van der Waals surface area contributed by atoms with E-state index in [-0.39, 0.29) is 5.82 Å². The Morgan fingerprint density at radius 2 is 1.93 bits per heavy atom. The fourth-order valence-corrected chi connectivity index (χ4v) is 3.67. The maximum absolute atomic E-state index is 13.7. The highest BCUT2D eigenvalue weighted by Gasteiger charge is 2.18. The number of hydrogen-bond donors (Lipinski definition) is 1. The van der Waals surface area contributed by atoms with Gasteiger partial charge in [-0.2, -0.15) is 0 Å². The summed E-state index contributed by atoms with van der Waals surface area (Å²) in [4.78, 5) is 21.6. The maximum atomic E-state index is 13.7. The van der Waals surface area contributed by atoms with E-state index in [4.69, 9.17) is 4.52 Å². The average molecular weight is 398 g/mol. The van der Waals surface area contributed by atoms with Gasteiger partial charge in [-0.15, -0.1) is 11.3 Å². The fourth-order valence-electron chi connectivity index (χ4n) is 2.67. The van der Waals surface area contributed by atoms with Crippen molar-refractivity contribution >= 4 is 23.1 Å². The Bertz CT molecular complexity index is 1120. The van der Waals surface area contributed by atoms with E-state index in [1.165, 1.54) is 0 Å². The number of aromatic nitrogens is 3. The number of nitrogens with zero attached hydrogens (tertiary/aromatic N) is 3. The highest BCUT2D eigenvalue weighted by atomic mass is 32.1. The number of halogens is 2. The van der Waals surface area contributed by atoms with Gasteiger partial charge in [-0.1, -0.05) is 5.16 Å². The highest BCUT2D eigenvalue weighted by molar-refractivity contribution is 7.15. The van der Waals surface area contributed by atoms with Gasteiger partial charge in [-0.25, -0.2) is 13.8 Å². The summed E-state index contributed by atoms with van der Waals surface area (Å²) < 4.78 is 32.5. The quantitative estimate of drug-likeness (QED) is 0.539.